The van der Waals surface area contributed by atoms with Crippen LogP contribution in [0.1, 0.15) is 10.6 Å². The highest BCUT2D eigenvalue weighted by atomic mass is 79.9. The van der Waals surface area contributed by atoms with Gasteiger partial charge in [-0.05, 0) is 34.5 Å². The van der Waals surface area contributed by atoms with Gasteiger partial charge in [0.2, 0.25) is 0 Å². The molecule has 108 valence electrons. The standard InChI is InChI=1S/C14H17BrN2O2S/c1-18-12-6-8-17-11(14(12)19-2)9-16-7-5-10-3-4-13(15)20-10/h3-4,6,8,16H,5,7,9H2,1-2H3. The van der Waals surface area contributed by atoms with Gasteiger partial charge in [-0.3, -0.25) is 4.98 Å². The van der Waals surface area contributed by atoms with E-state index in [0.717, 1.165) is 18.7 Å². The van der Waals surface area contributed by atoms with E-state index in [1.165, 1.54) is 8.66 Å². The van der Waals surface area contributed by atoms with Crippen LogP contribution in [0.25, 0.3) is 0 Å². The first-order chi connectivity index (χ1) is 9.74. The minimum atomic E-state index is 0.660. The SMILES string of the molecule is COc1ccnc(CNCCc2ccc(Br)s2)c1OC. The molecule has 0 fully saturated rings. The van der Waals surface area contributed by atoms with Crippen molar-refractivity contribution in [2.24, 2.45) is 0 Å². The van der Waals surface area contributed by atoms with E-state index in [9.17, 15) is 0 Å². The highest BCUT2D eigenvalue weighted by Gasteiger charge is 2.10. The normalized spacial score (nSPS) is 10.6. The van der Waals surface area contributed by atoms with Crippen molar-refractivity contribution in [3.05, 3.63) is 38.8 Å². The van der Waals surface area contributed by atoms with E-state index in [1.54, 1.807) is 37.8 Å². The van der Waals surface area contributed by atoms with E-state index in [4.69, 9.17) is 9.47 Å². The van der Waals surface area contributed by atoms with Crippen LogP contribution < -0.4 is 14.8 Å². The highest BCUT2D eigenvalue weighted by Crippen LogP contribution is 2.28. The van der Waals surface area contributed by atoms with Crippen LogP contribution in [-0.4, -0.2) is 25.7 Å². The summed E-state index contributed by atoms with van der Waals surface area (Å²) in [7, 11) is 3.26. The topological polar surface area (TPSA) is 43.4 Å². The van der Waals surface area contributed by atoms with Crippen LogP contribution in [0.3, 0.4) is 0 Å². The summed E-state index contributed by atoms with van der Waals surface area (Å²) in [5.41, 5.74) is 0.860. The van der Waals surface area contributed by atoms with Crippen molar-refractivity contribution in [3.63, 3.8) is 0 Å². The number of hydrogen-bond donors (Lipinski definition) is 1. The molecule has 0 aliphatic carbocycles. The van der Waals surface area contributed by atoms with Crippen molar-refractivity contribution >= 4 is 27.3 Å². The lowest BCUT2D eigenvalue weighted by Crippen LogP contribution is -2.17. The van der Waals surface area contributed by atoms with Crippen molar-refractivity contribution in [3.8, 4) is 11.5 Å². The first-order valence-corrected chi connectivity index (χ1v) is 7.86. The van der Waals surface area contributed by atoms with Crippen molar-refractivity contribution < 1.29 is 9.47 Å². The van der Waals surface area contributed by atoms with Crippen molar-refractivity contribution in [1.29, 1.82) is 0 Å². The third kappa shape index (κ3) is 3.94. The summed E-state index contributed by atoms with van der Waals surface area (Å²) in [4.78, 5) is 5.69. The molecule has 0 aliphatic heterocycles. The second-order valence-electron chi connectivity index (χ2n) is 4.13. The molecule has 0 aromatic carbocycles. The summed E-state index contributed by atoms with van der Waals surface area (Å²) in [6.45, 7) is 1.56. The Morgan fingerprint density at radius 3 is 2.75 bits per heavy atom. The first kappa shape index (κ1) is 15.3. The number of aromatic nitrogens is 1. The predicted octanol–water partition coefficient (Wildman–Crippen LogP) is 3.26. The molecule has 4 nitrogen and oxygen atoms in total. The molecule has 2 aromatic rings. The smallest absolute Gasteiger partial charge is 0.183 e. The van der Waals surface area contributed by atoms with Gasteiger partial charge in [-0.2, -0.15) is 0 Å². The number of nitrogens with one attached hydrogen (secondary N) is 1. The molecule has 0 aliphatic rings. The van der Waals surface area contributed by atoms with Gasteiger partial charge in [0.05, 0.1) is 23.7 Å². The minimum Gasteiger partial charge on any atom is -0.493 e. The largest absolute Gasteiger partial charge is 0.493 e. The molecule has 0 spiro atoms. The second-order valence-corrected chi connectivity index (χ2v) is 6.67. The van der Waals surface area contributed by atoms with Crippen LogP contribution in [-0.2, 0) is 13.0 Å². The summed E-state index contributed by atoms with van der Waals surface area (Å²) in [5, 5.41) is 3.38. The molecule has 2 aromatic heterocycles. The van der Waals surface area contributed by atoms with Crippen molar-refractivity contribution in [2.75, 3.05) is 20.8 Å². The lowest BCUT2D eigenvalue weighted by Gasteiger charge is -2.11. The maximum absolute atomic E-state index is 5.35. The van der Waals surface area contributed by atoms with Gasteiger partial charge >= 0.3 is 0 Å². The fourth-order valence-electron chi connectivity index (χ4n) is 1.88. The van der Waals surface area contributed by atoms with Crippen LogP contribution >= 0.6 is 27.3 Å². The van der Waals surface area contributed by atoms with E-state index in [0.29, 0.717) is 18.0 Å². The average molecular weight is 357 g/mol. The van der Waals surface area contributed by atoms with Crippen LogP contribution in [0, 0.1) is 0 Å². The zero-order valence-electron chi connectivity index (χ0n) is 11.5. The van der Waals surface area contributed by atoms with Crippen LogP contribution in [0.4, 0.5) is 0 Å². The highest BCUT2D eigenvalue weighted by molar-refractivity contribution is 9.11. The molecule has 0 bridgehead atoms. The Hall–Kier alpha value is -1.11. The first-order valence-electron chi connectivity index (χ1n) is 6.25. The summed E-state index contributed by atoms with van der Waals surface area (Å²) >= 11 is 5.23. The molecule has 2 rings (SSSR count). The fraction of sp³-hybridized carbons (Fsp3) is 0.357. The second kappa shape index (κ2) is 7.61. The van der Waals surface area contributed by atoms with Crippen molar-refractivity contribution in [1.82, 2.24) is 10.3 Å². The molecule has 0 unspecified atom stereocenters. The molecular formula is C14H17BrN2O2S. The van der Waals surface area contributed by atoms with E-state index in [1.807, 2.05) is 0 Å². The number of thiophene rings is 1. The van der Waals surface area contributed by atoms with Gasteiger partial charge in [-0.15, -0.1) is 11.3 Å². The van der Waals surface area contributed by atoms with E-state index in [2.05, 4.69) is 38.4 Å². The van der Waals surface area contributed by atoms with Gasteiger partial charge in [0.1, 0.15) is 0 Å². The molecule has 0 radical (unpaired) electrons. The Morgan fingerprint density at radius 2 is 2.10 bits per heavy atom. The summed E-state index contributed by atoms with van der Waals surface area (Å²) in [5.74, 6) is 1.41. The van der Waals surface area contributed by atoms with Gasteiger partial charge < -0.3 is 14.8 Å². The van der Waals surface area contributed by atoms with Gasteiger partial charge in [0.25, 0.3) is 0 Å². The van der Waals surface area contributed by atoms with Crippen LogP contribution in [0.15, 0.2) is 28.2 Å². The van der Waals surface area contributed by atoms with Crippen LogP contribution in [0.2, 0.25) is 0 Å². The number of rotatable bonds is 7. The quantitative estimate of drug-likeness (QED) is 0.773. The number of methoxy groups -OCH3 is 2. The summed E-state index contributed by atoms with van der Waals surface area (Å²) in [6, 6.07) is 6.01. The Balaban J connectivity index is 1.87. The Morgan fingerprint density at radius 1 is 1.25 bits per heavy atom. The predicted molar refractivity (Wildman–Crippen MR) is 84.8 cm³/mol. The van der Waals surface area contributed by atoms with Crippen molar-refractivity contribution in [2.45, 2.75) is 13.0 Å². The molecule has 1 N–H and O–H groups in total. The lowest BCUT2D eigenvalue weighted by molar-refractivity contribution is 0.348. The number of hydrogen-bond acceptors (Lipinski definition) is 5. The zero-order valence-corrected chi connectivity index (χ0v) is 13.9. The molecule has 0 saturated heterocycles. The molecular weight excluding hydrogens is 340 g/mol. The Labute approximate surface area is 131 Å². The Kier molecular flexibility index (Phi) is 5.82. The maximum Gasteiger partial charge on any atom is 0.183 e. The monoisotopic (exact) mass is 356 g/mol. The molecule has 0 atom stereocenters. The molecule has 20 heavy (non-hydrogen) atoms. The zero-order chi connectivity index (χ0) is 14.4. The van der Waals surface area contributed by atoms with E-state index < -0.39 is 0 Å². The van der Waals surface area contributed by atoms with E-state index >= 15 is 0 Å². The average Bonchev–Trinajstić information content (AvgIpc) is 2.88. The van der Waals surface area contributed by atoms with Gasteiger partial charge in [0, 0.05) is 30.2 Å². The molecule has 2 heterocycles. The number of ether oxygens (including phenoxy) is 2. The summed E-state index contributed by atoms with van der Waals surface area (Å²) < 4.78 is 11.8. The van der Waals surface area contributed by atoms with E-state index in [-0.39, 0.29) is 0 Å². The third-order valence-corrected chi connectivity index (χ3v) is 4.52. The number of nitrogens with zero attached hydrogens (tertiary/aromatic N) is 1. The van der Waals surface area contributed by atoms with Gasteiger partial charge in [0.15, 0.2) is 11.5 Å². The minimum absolute atomic E-state index is 0.660. The molecule has 0 amide bonds. The fourth-order valence-corrected chi connectivity index (χ4v) is 3.36. The third-order valence-electron chi connectivity index (χ3n) is 2.84. The van der Waals surface area contributed by atoms with Gasteiger partial charge in [-0.1, -0.05) is 0 Å². The Bertz CT molecular complexity index is 560. The molecule has 0 saturated carbocycles. The molecule has 6 heteroatoms. The van der Waals surface area contributed by atoms with Crippen LogP contribution in [0.5, 0.6) is 11.5 Å². The summed E-state index contributed by atoms with van der Waals surface area (Å²) in [6.07, 6.45) is 2.73. The number of halogens is 1. The maximum atomic E-state index is 5.35. The van der Waals surface area contributed by atoms with Gasteiger partial charge in [-0.25, -0.2) is 0 Å². The number of pyridine rings is 1. The lowest BCUT2D eigenvalue weighted by atomic mass is 10.3.